The van der Waals surface area contributed by atoms with E-state index >= 15 is 0 Å². The number of hydrogen-bond acceptors (Lipinski definition) is 4. The summed E-state index contributed by atoms with van der Waals surface area (Å²) in [6.45, 7) is 2.88. The van der Waals surface area contributed by atoms with E-state index in [2.05, 4.69) is 34.1 Å². The van der Waals surface area contributed by atoms with E-state index in [9.17, 15) is 14.7 Å². The van der Waals surface area contributed by atoms with E-state index < -0.39 is 5.97 Å². The average molecular weight is 489 g/mol. The van der Waals surface area contributed by atoms with Crippen LogP contribution in [0.15, 0.2) is 36.4 Å². The number of carbonyl (C=O) groups is 2. The van der Waals surface area contributed by atoms with E-state index in [0.29, 0.717) is 17.7 Å². The summed E-state index contributed by atoms with van der Waals surface area (Å²) in [7, 11) is 3.48. The van der Waals surface area contributed by atoms with Gasteiger partial charge in [0.25, 0.3) is 0 Å². The quantitative estimate of drug-likeness (QED) is 0.401. The van der Waals surface area contributed by atoms with E-state index in [1.165, 1.54) is 6.07 Å². The van der Waals surface area contributed by atoms with Crippen molar-refractivity contribution in [1.29, 1.82) is 0 Å². The summed E-state index contributed by atoms with van der Waals surface area (Å²) in [4.78, 5) is 28.9. The smallest absolute Gasteiger partial charge is 0.335 e. The molecule has 0 fully saturated rings. The van der Waals surface area contributed by atoms with Gasteiger partial charge < -0.3 is 24.3 Å². The molecule has 0 saturated carbocycles. The normalized spacial score (nSPS) is 17.3. The zero-order valence-electron chi connectivity index (χ0n) is 21.0. The maximum atomic E-state index is 12.4. The number of ether oxygens (including phenoxy) is 1. The fourth-order valence-electron chi connectivity index (χ4n) is 5.27. The number of amides is 1. The molecule has 2 N–H and O–H groups in total. The predicted octanol–water partition coefficient (Wildman–Crippen LogP) is 5.43. The van der Waals surface area contributed by atoms with E-state index in [0.717, 1.165) is 72.2 Å². The van der Waals surface area contributed by atoms with Gasteiger partial charge in [-0.1, -0.05) is 31.4 Å². The molecule has 0 radical (unpaired) electrons. The monoisotopic (exact) mass is 488 g/mol. The van der Waals surface area contributed by atoms with Gasteiger partial charge in [-0.2, -0.15) is 0 Å². The molecule has 1 aliphatic heterocycles. The van der Waals surface area contributed by atoms with Crippen LogP contribution in [0.3, 0.4) is 0 Å². The van der Waals surface area contributed by atoms with Gasteiger partial charge in [0, 0.05) is 30.9 Å². The Morgan fingerprint density at radius 2 is 1.89 bits per heavy atom. The minimum atomic E-state index is -1.02. The maximum Gasteiger partial charge on any atom is 0.335 e. The molecule has 4 aromatic rings. The maximum absolute atomic E-state index is 12.4. The average Bonchev–Trinajstić information content (AvgIpc) is 3.39. The molecule has 0 aliphatic carbocycles. The summed E-state index contributed by atoms with van der Waals surface area (Å²) >= 11 is 0. The molecule has 0 unspecified atom stereocenters. The van der Waals surface area contributed by atoms with Crippen molar-refractivity contribution in [2.24, 2.45) is 7.05 Å². The molecular formula is C28H32N4O4. The number of nitrogens with zero attached hydrogens (tertiary/aromatic N) is 3. The molecule has 188 valence electrons. The molecule has 1 amide bonds. The first-order valence-corrected chi connectivity index (χ1v) is 12.6. The number of imidazole rings is 1. The van der Waals surface area contributed by atoms with Gasteiger partial charge in [0.1, 0.15) is 11.3 Å². The van der Waals surface area contributed by atoms with Gasteiger partial charge in [0.2, 0.25) is 5.91 Å². The molecule has 5 rings (SSSR count). The van der Waals surface area contributed by atoms with Gasteiger partial charge in [-0.05, 0) is 49.6 Å². The van der Waals surface area contributed by atoms with Gasteiger partial charge in [-0.15, -0.1) is 0 Å². The zero-order chi connectivity index (χ0) is 25.4. The van der Waals surface area contributed by atoms with Crippen LogP contribution in [-0.4, -0.2) is 38.2 Å². The van der Waals surface area contributed by atoms with Crippen molar-refractivity contribution in [3.8, 4) is 17.3 Å². The van der Waals surface area contributed by atoms with Gasteiger partial charge in [-0.25, -0.2) is 9.78 Å². The number of benzene rings is 2. The largest absolute Gasteiger partial charge is 0.494 e. The summed E-state index contributed by atoms with van der Waals surface area (Å²) in [5.41, 5.74) is 4.63. The number of carboxylic acid groups (broad SMARTS) is 1. The molecule has 8 nitrogen and oxygen atoms in total. The molecular weight excluding hydrogens is 456 g/mol. The van der Waals surface area contributed by atoms with Gasteiger partial charge >= 0.3 is 5.97 Å². The van der Waals surface area contributed by atoms with E-state index in [1.807, 2.05) is 18.5 Å². The number of nitrogens with one attached hydrogen (secondary N) is 1. The molecule has 2 aromatic heterocycles. The number of fused-ring (bicyclic) bond motifs is 2. The van der Waals surface area contributed by atoms with Crippen LogP contribution in [0.1, 0.15) is 67.4 Å². The van der Waals surface area contributed by atoms with Gasteiger partial charge in [-0.3, -0.25) is 4.79 Å². The summed E-state index contributed by atoms with van der Waals surface area (Å²) in [5.74, 6) is 0.324. The number of aromatic nitrogens is 3. The van der Waals surface area contributed by atoms with Crippen molar-refractivity contribution in [2.45, 2.75) is 58.0 Å². The lowest BCUT2D eigenvalue weighted by atomic mass is 10.1. The highest BCUT2D eigenvalue weighted by Gasteiger charge is 2.21. The number of methoxy groups -OCH3 is 1. The van der Waals surface area contributed by atoms with Crippen LogP contribution < -0.4 is 10.1 Å². The highest BCUT2D eigenvalue weighted by molar-refractivity contribution is 5.97. The third-order valence-electron chi connectivity index (χ3n) is 7.22. The molecule has 8 heteroatoms. The minimum Gasteiger partial charge on any atom is -0.494 e. The lowest BCUT2D eigenvalue weighted by Gasteiger charge is -2.17. The predicted molar refractivity (Wildman–Crippen MR) is 139 cm³/mol. The molecule has 2 aromatic carbocycles. The Bertz CT molecular complexity index is 1470. The zero-order valence-corrected chi connectivity index (χ0v) is 21.0. The fraction of sp³-hybridized carbons (Fsp3) is 0.393. The summed E-state index contributed by atoms with van der Waals surface area (Å²) < 4.78 is 9.83. The first-order valence-electron chi connectivity index (χ1n) is 12.6. The lowest BCUT2D eigenvalue weighted by molar-refractivity contribution is -0.121. The Labute approximate surface area is 209 Å². The number of carboxylic acids is 1. The number of hydrogen-bond donors (Lipinski definition) is 2. The third kappa shape index (κ3) is 4.32. The molecule has 1 aliphatic rings. The molecule has 2 bridgehead atoms. The number of carbonyl (C=O) groups excluding carboxylic acids is 1. The van der Waals surface area contributed by atoms with Gasteiger partial charge in [0.05, 0.1) is 29.9 Å². The molecule has 36 heavy (non-hydrogen) atoms. The molecule has 3 heterocycles. The Hall–Kier alpha value is -3.81. The highest BCUT2D eigenvalue weighted by atomic mass is 16.5. The van der Waals surface area contributed by atoms with Crippen molar-refractivity contribution in [1.82, 2.24) is 19.4 Å². The van der Waals surface area contributed by atoms with Crippen molar-refractivity contribution in [2.75, 3.05) is 7.11 Å². The van der Waals surface area contributed by atoms with Crippen molar-refractivity contribution < 1.29 is 19.4 Å². The Balaban J connectivity index is 1.68. The Morgan fingerprint density at radius 3 is 2.67 bits per heavy atom. The van der Waals surface area contributed by atoms with E-state index in [4.69, 9.17) is 9.72 Å². The van der Waals surface area contributed by atoms with Crippen molar-refractivity contribution in [3.05, 3.63) is 47.5 Å². The molecule has 0 saturated heterocycles. The van der Waals surface area contributed by atoms with Crippen LogP contribution in [0.2, 0.25) is 0 Å². The van der Waals surface area contributed by atoms with Crippen molar-refractivity contribution >= 4 is 33.8 Å². The second-order valence-corrected chi connectivity index (χ2v) is 9.65. The lowest BCUT2D eigenvalue weighted by Crippen LogP contribution is -2.26. The third-order valence-corrected chi connectivity index (χ3v) is 7.22. The number of aromatic carboxylic acids is 1. The second-order valence-electron chi connectivity index (χ2n) is 9.65. The first-order chi connectivity index (χ1) is 17.4. The number of aryl methyl sites for hydroxylation is 2. The fourth-order valence-corrected chi connectivity index (χ4v) is 5.27. The minimum absolute atomic E-state index is 0.0777. The van der Waals surface area contributed by atoms with Gasteiger partial charge in [0.15, 0.2) is 5.82 Å². The van der Waals surface area contributed by atoms with E-state index in [-0.39, 0.29) is 17.5 Å². The van der Waals surface area contributed by atoms with Crippen LogP contribution in [0.25, 0.3) is 33.5 Å². The molecule has 0 spiro atoms. The summed E-state index contributed by atoms with van der Waals surface area (Å²) in [6.07, 6.45) is 5.76. The van der Waals surface area contributed by atoms with Crippen LogP contribution in [0, 0.1) is 0 Å². The van der Waals surface area contributed by atoms with E-state index in [1.54, 1.807) is 13.2 Å². The van der Waals surface area contributed by atoms with Crippen LogP contribution >= 0.6 is 0 Å². The topological polar surface area (TPSA) is 98.4 Å². The highest BCUT2D eigenvalue weighted by Crippen LogP contribution is 2.35. The molecule has 1 atom stereocenters. The van der Waals surface area contributed by atoms with Crippen LogP contribution in [-0.2, 0) is 18.4 Å². The SMILES string of the molecule is COc1cc(C(=O)O)cc2nc(-c3cc4ccc5cc4n3CCCCCCCC(=O)N[C@@H]5C)n(C)c12. The van der Waals surface area contributed by atoms with Crippen LogP contribution in [0.4, 0.5) is 0 Å². The second kappa shape index (κ2) is 9.68. The standard InChI is InChI=1S/C28H32N4O4/c1-17-18-10-11-19-15-23(32(22(19)14-18)12-8-6-4-5-7-9-25(33)29-17)27-30-21-13-20(28(34)35)16-24(36-3)26(21)31(27)2/h10-11,13-17H,4-9,12H2,1-3H3,(H,29,33)(H,34,35)/t17-/m1/s1. The Morgan fingerprint density at radius 1 is 1.11 bits per heavy atom. The Kier molecular flexibility index (Phi) is 6.43. The summed E-state index contributed by atoms with van der Waals surface area (Å²) in [5, 5.41) is 13.8. The number of rotatable bonds is 3. The van der Waals surface area contributed by atoms with Crippen molar-refractivity contribution in [3.63, 3.8) is 0 Å². The first kappa shape index (κ1) is 23.9. The van der Waals surface area contributed by atoms with Crippen LogP contribution in [0.5, 0.6) is 5.75 Å². The summed E-state index contributed by atoms with van der Waals surface area (Å²) in [6, 6.07) is 11.5.